The van der Waals surface area contributed by atoms with Crippen LogP contribution in [0.3, 0.4) is 0 Å². The summed E-state index contributed by atoms with van der Waals surface area (Å²) in [4.78, 5) is 4.38. The molecule has 0 saturated carbocycles. The third kappa shape index (κ3) is 3.93. The second kappa shape index (κ2) is 6.11. The Hall–Kier alpha value is -2.12. The van der Waals surface area contributed by atoms with Crippen molar-refractivity contribution in [3.8, 4) is 5.88 Å². The fourth-order valence-corrected chi connectivity index (χ4v) is 2.69. The molecule has 1 aromatic carbocycles. The summed E-state index contributed by atoms with van der Waals surface area (Å²) in [6.07, 6.45) is 0. The minimum atomic E-state index is -3.73. The largest absolute Gasteiger partial charge is 0.481 e. The molecule has 0 fully saturated rings. The number of nitrogens with zero attached hydrogens (tertiary/aromatic N) is 1. The lowest BCUT2D eigenvalue weighted by Crippen LogP contribution is -2.14. The lowest BCUT2D eigenvalue weighted by Gasteiger charge is -2.10. The zero-order valence-corrected chi connectivity index (χ0v) is 12.6. The summed E-state index contributed by atoms with van der Waals surface area (Å²) >= 11 is 0. The maximum Gasteiger partial charge on any atom is 0.238 e. The first-order chi connectivity index (χ1) is 9.90. The number of nitrogens with two attached hydrogens (primary N) is 1. The fourth-order valence-electron chi connectivity index (χ4n) is 1.88. The molecular weight excluding hydrogens is 290 g/mol. The number of anilines is 1. The van der Waals surface area contributed by atoms with Crippen LogP contribution in [0.2, 0.25) is 0 Å². The first-order valence-electron chi connectivity index (χ1n) is 6.27. The Morgan fingerprint density at radius 2 is 2.05 bits per heavy atom. The van der Waals surface area contributed by atoms with Gasteiger partial charge in [0.25, 0.3) is 0 Å². The van der Waals surface area contributed by atoms with Crippen molar-refractivity contribution in [2.24, 2.45) is 5.14 Å². The van der Waals surface area contributed by atoms with Gasteiger partial charge in [-0.3, -0.25) is 0 Å². The highest BCUT2D eigenvalue weighted by Gasteiger charge is 2.12. The molecule has 1 heterocycles. The summed E-state index contributed by atoms with van der Waals surface area (Å²) in [6, 6.07) is 10.5. The standard InChI is InChI=1S/C14H17N3O3S/c1-10-6-7-11(8-13(10)21(15,18)19)16-9-12-4-3-5-14(17-12)20-2/h3-8,16H,9H2,1-2H3,(H2,15,18,19). The molecule has 0 aliphatic carbocycles. The molecule has 0 unspecified atom stereocenters. The van der Waals surface area contributed by atoms with Crippen LogP contribution in [-0.4, -0.2) is 20.5 Å². The Morgan fingerprint density at radius 3 is 2.71 bits per heavy atom. The monoisotopic (exact) mass is 307 g/mol. The molecule has 0 aliphatic heterocycles. The van der Waals surface area contributed by atoms with E-state index in [1.807, 2.05) is 12.1 Å². The summed E-state index contributed by atoms with van der Waals surface area (Å²) in [5, 5.41) is 8.30. The molecule has 6 nitrogen and oxygen atoms in total. The zero-order chi connectivity index (χ0) is 15.5. The van der Waals surface area contributed by atoms with Gasteiger partial charge in [-0.1, -0.05) is 12.1 Å². The van der Waals surface area contributed by atoms with Crippen LogP contribution in [0.5, 0.6) is 5.88 Å². The number of rotatable bonds is 5. The highest BCUT2D eigenvalue weighted by atomic mass is 32.2. The molecule has 2 aromatic rings. The van der Waals surface area contributed by atoms with Crippen LogP contribution in [0.15, 0.2) is 41.3 Å². The smallest absolute Gasteiger partial charge is 0.238 e. The van der Waals surface area contributed by atoms with E-state index in [9.17, 15) is 8.42 Å². The maximum atomic E-state index is 11.5. The molecule has 0 bridgehead atoms. The van der Waals surface area contributed by atoms with Crippen LogP contribution in [0.25, 0.3) is 0 Å². The third-order valence-corrected chi connectivity index (χ3v) is 4.01. The minimum absolute atomic E-state index is 0.117. The molecule has 0 atom stereocenters. The fraction of sp³-hybridized carbons (Fsp3) is 0.214. The SMILES string of the molecule is COc1cccc(CNc2ccc(C)c(S(N)(=O)=O)c2)n1. The van der Waals surface area contributed by atoms with Crippen molar-refractivity contribution in [2.75, 3.05) is 12.4 Å². The molecule has 0 radical (unpaired) electrons. The average Bonchev–Trinajstić information content (AvgIpc) is 2.45. The van der Waals surface area contributed by atoms with Gasteiger partial charge in [0.05, 0.1) is 24.2 Å². The summed E-state index contributed by atoms with van der Waals surface area (Å²) in [6.45, 7) is 2.15. The van der Waals surface area contributed by atoms with Gasteiger partial charge in [-0.05, 0) is 30.7 Å². The van der Waals surface area contributed by atoms with E-state index in [0.29, 0.717) is 23.7 Å². The van der Waals surface area contributed by atoms with Crippen molar-refractivity contribution < 1.29 is 13.2 Å². The number of aryl methyl sites for hydroxylation is 1. The van der Waals surface area contributed by atoms with Gasteiger partial charge in [-0.2, -0.15) is 0 Å². The molecule has 0 aliphatic rings. The second-order valence-corrected chi connectivity index (χ2v) is 6.08. The van der Waals surface area contributed by atoms with Gasteiger partial charge in [0.15, 0.2) is 0 Å². The van der Waals surface area contributed by atoms with Crippen molar-refractivity contribution >= 4 is 15.7 Å². The van der Waals surface area contributed by atoms with Crippen molar-refractivity contribution in [2.45, 2.75) is 18.4 Å². The Balaban J connectivity index is 2.17. The summed E-state index contributed by atoms with van der Waals surface area (Å²) in [5.74, 6) is 0.531. The van der Waals surface area contributed by atoms with Crippen LogP contribution in [-0.2, 0) is 16.6 Å². The number of benzene rings is 1. The molecule has 0 spiro atoms. The van der Waals surface area contributed by atoms with Gasteiger partial charge in [-0.25, -0.2) is 18.5 Å². The molecule has 0 saturated heterocycles. The number of nitrogens with one attached hydrogen (secondary N) is 1. The molecule has 112 valence electrons. The second-order valence-electron chi connectivity index (χ2n) is 4.55. The first kappa shape index (κ1) is 15.3. The predicted molar refractivity (Wildman–Crippen MR) is 80.7 cm³/mol. The van der Waals surface area contributed by atoms with E-state index < -0.39 is 10.0 Å². The number of aromatic nitrogens is 1. The van der Waals surface area contributed by atoms with Crippen LogP contribution in [0.4, 0.5) is 5.69 Å². The number of primary sulfonamides is 1. The van der Waals surface area contributed by atoms with E-state index in [1.165, 1.54) is 6.07 Å². The quantitative estimate of drug-likeness (QED) is 0.876. The number of methoxy groups -OCH3 is 1. The normalized spacial score (nSPS) is 11.2. The number of pyridine rings is 1. The lowest BCUT2D eigenvalue weighted by molar-refractivity contribution is 0.396. The average molecular weight is 307 g/mol. The molecule has 21 heavy (non-hydrogen) atoms. The van der Waals surface area contributed by atoms with E-state index in [4.69, 9.17) is 9.88 Å². The van der Waals surface area contributed by atoms with Crippen molar-refractivity contribution in [3.63, 3.8) is 0 Å². The van der Waals surface area contributed by atoms with E-state index >= 15 is 0 Å². The summed E-state index contributed by atoms with van der Waals surface area (Å²) < 4.78 is 28.0. The molecule has 1 aromatic heterocycles. The van der Waals surface area contributed by atoms with E-state index in [-0.39, 0.29) is 4.90 Å². The molecule has 7 heteroatoms. The summed E-state index contributed by atoms with van der Waals surface area (Å²) in [7, 11) is -2.17. The van der Waals surface area contributed by atoms with E-state index in [2.05, 4.69) is 10.3 Å². The Bertz CT molecular complexity index is 745. The first-order valence-corrected chi connectivity index (χ1v) is 7.82. The van der Waals surface area contributed by atoms with Gasteiger partial charge in [0.2, 0.25) is 15.9 Å². The summed E-state index contributed by atoms with van der Waals surface area (Å²) in [5.41, 5.74) is 2.06. The molecule has 0 amide bonds. The maximum absolute atomic E-state index is 11.5. The Labute approximate surface area is 124 Å². The van der Waals surface area contributed by atoms with Gasteiger partial charge < -0.3 is 10.1 Å². The number of hydrogen-bond acceptors (Lipinski definition) is 5. The molecular formula is C14H17N3O3S. The zero-order valence-electron chi connectivity index (χ0n) is 11.8. The third-order valence-electron chi connectivity index (χ3n) is 2.96. The van der Waals surface area contributed by atoms with Crippen LogP contribution in [0, 0.1) is 6.92 Å². The lowest BCUT2D eigenvalue weighted by atomic mass is 10.2. The topological polar surface area (TPSA) is 94.3 Å². The molecule has 2 rings (SSSR count). The Morgan fingerprint density at radius 1 is 1.29 bits per heavy atom. The van der Waals surface area contributed by atoms with E-state index in [0.717, 1.165) is 5.69 Å². The van der Waals surface area contributed by atoms with Gasteiger partial charge in [0.1, 0.15) is 0 Å². The van der Waals surface area contributed by atoms with Crippen LogP contribution < -0.4 is 15.2 Å². The van der Waals surface area contributed by atoms with Gasteiger partial charge in [-0.15, -0.1) is 0 Å². The number of sulfonamides is 1. The van der Waals surface area contributed by atoms with E-state index in [1.54, 1.807) is 32.2 Å². The molecule has 3 N–H and O–H groups in total. The van der Waals surface area contributed by atoms with Crippen molar-refractivity contribution in [1.29, 1.82) is 0 Å². The highest BCUT2D eigenvalue weighted by molar-refractivity contribution is 7.89. The van der Waals surface area contributed by atoms with Crippen molar-refractivity contribution in [3.05, 3.63) is 47.7 Å². The van der Waals surface area contributed by atoms with Crippen LogP contribution >= 0.6 is 0 Å². The predicted octanol–water partition coefficient (Wildman–Crippen LogP) is 1.66. The highest BCUT2D eigenvalue weighted by Crippen LogP contribution is 2.19. The van der Waals surface area contributed by atoms with Crippen molar-refractivity contribution in [1.82, 2.24) is 4.98 Å². The Kier molecular flexibility index (Phi) is 4.44. The van der Waals surface area contributed by atoms with Gasteiger partial charge >= 0.3 is 0 Å². The number of hydrogen-bond donors (Lipinski definition) is 2. The van der Waals surface area contributed by atoms with Crippen LogP contribution in [0.1, 0.15) is 11.3 Å². The van der Waals surface area contributed by atoms with Gasteiger partial charge in [0, 0.05) is 11.8 Å². The number of ether oxygens (including phenoxy) is 1. The minimum Gasteiger partial charge on any atom is -0.481 e.